The van der Waals surface area contributed by atoms with Crippen molar-refractivity contribution in [2.75, 3.05) is 37.7 Å². The van der Waals surface area contributed by atoms with E-state index < -0.39 is 26.2 Å². The second-order valence-corrected chi connectivity index (χ2v) is 19.6. The lowest BCUT2D eigenvalue weighted by Crippen LogP contribution is -2.59. The highest BCUT2D eigenvalue weighted by Gasteiger charge is 2.40. The van der Waals surface area contributed by atoms with E-state index in [1.807, 2.05) is 86.3 Å². The van der Waals surface area contributed by atoms with Gasteiger partial charge in [0.15, 0.2) is 9.84 Å². The van der Waals surface area contributed by atoms with Crippen molar-refractivity contribution in [3.8, 4) is 0 Å². The normalized spacial score (nSPS) is 15.7. The van der Waals surface area contributed by atoms with Crippen LogP contribution in [-0.2, 0) is 24.2 Å². The Morgan fingerprint density at radius 2 is 1.28 bits per heavy atom. The summed E-state index contributed by atoms with van der Waals surface area (Å²) in [6.45, 7) is 7.41. The number of rotatable bonds is 16. The number of nitrogens with zero attached hydrogens (tertiary/aromatic N) is 3. The predicted molar refractivity (Wildman–Crippen MR) is 243 cm³/mol. The van der Waals surface area contributed by atoms with Crippen molar-refractivity contribution in [3.63, 3.8) is 0 Å². The first-order valence-electron chi connectivity index (χ1n) is 20.5. The molecule has 60 heavy (non-hydrogen) atoms. The van der Waals surface area contributed by atoms with Crippen molar-refractivity contribution in [2.24, 2.45) is 0 Å². The molecule has 7 rings (SSSR count). The zero-order valence-corrected chi connectivity index (χ0v) is 36.1. The molecule has 1 saturated heterocycles. The van der Waals surface area contributed by atoms with Gasteiger partial charge in [0.1, 0.15) is 0 Å². The Hall–Kier alpha value is -5.26. The minimum absolute atomic E-state index is 0.0848. The van der Waals surface area contributed by atoms with Crippen LogP contribution in [0.3, 0.4) is 0 Å². The van der Waals surface area contributed by atoms with E-state index in [9.17, 15) is 18.0 Å². The predicted octanol–water partition coefficient (Wildman–Crippen LogP) is 9.11. The van der Waals surface area contributed by atoms with Crippen LogP contribution < -0.4 is 0 Å². The second-order valence-electron chi connectivity index (χ2n) is 16.3. The highest BCUT2D eigenvalue weighted by molar-refractivity contribution is 8.00. The minimum Gasteiger partial charge on any atom is -0.336 e. The molecule has 0 bridgehead atoms. The van der Waals surface area contributed by atoms with Gasteiger partial charge >= 0.3 is 0 Å². The van der Waals surface area contributed by atoms with Gasteiger partial charge < -0.3 is 4.90 Å². The standard InChI is InChI=1S/C50H53N3O5S2/c1-49(2,3)58-53(38-54)44(37-59-50(40-21-8-4-9-22-40,41-23-10-5-11-24-41)42-25-12-6-13-26-42)36-51-32-33-52(48(55)47-30-18-20-39-19-16-17-29-46(39)47)35-43(51)31-34-60(56,57)45-27-14-7-15-28-45/h4-30,38,43-44H,31-37H2,1-3H3/t43-,44+/m0/s1. The third-order valence-electron chi connectivity index (χ3n) is 11.1. The number of hydrogen-bond acceptors (Lipinski definition) is 7. The third kappa shape index (κ3) is 9.85. The molecule has 8 nitrogen and oxygen atoms in total. The van der Waals surface area contributed by atoms with Crippen LogP contribution in [0.2, 0.25) is 0 Å². The van der Waals surface area contributed by atoms with E-state index in [1.165, 1.54) is 5.06 Å². The molecule has 2 amide bonds. The largest absolute Gasteiger partial charge is 0.336 e. The molecule has 0 saturated carbocycles. The topological polar surface area (TPSA) is 87.2 Å². The maximum Gasteiger partial charge on any atom is 0.254 e. The zero-order valence-electron chi connectivity index (χ0n) is 34.5. The smallest absolute Gasteiger partial charge is 0.254 e. The number of amides is 2. The van der Waals surface area contributed by atoms with Gasteiger partial charge in [-0.05, 0) is 72.9 Å². The van der Waals surface area contributed by atoms with Crippen LogP contribution in [-0.4, -0.2) is 91.0 Å². The van der Waals surface area contributed by atoms with Gasteiger partial charge in [-0.3, -0.25) is 19.3 Å². The van der Waals surface area contributed by atoms with Crippen LogP contribution in [0.5, 0.6) is 0 Å². The first kappa shape index (κ1) is 42.8. The average Bonchev–Trinajstić information content (AvgIpc) is 3.28. The molecular weight excluding hydrogens is 787 g/mol. The molecule has 0 radical (unpaired) electrons. The molecule has 0 unspecified atom stereocenters. The van der Waals surface area contributed by atoms with Crippen molar-refractivity contribution in [1.82, 2.24) is 14.9 Å². The molecule has 6 aromatic carbocycles. The lowest BCUT2D eigenvalue weighted by atomic mass is 9.84. The van der Waals surface area contributed by atoms with Crippen LogP contribution in [0, 0.1) is 0 Å². The first-order chi connectivity index (χ1) is 29.0. The SMILES string of the molecule is CC(C)(C)ON(C=O)[C@@H](CSC(c1ccccc1)(c1ccccc1)c1ccccc1)CN1CCN(C(=O)c2cccc3ccccc23)C[C@@H]1CCS(=O)(=O)c1ccccc1. The summed E-state index contributed by atoms with van der Waals surface area (Å²) in [7, 11) is -3.62. The van der Waals surface area contributed by atoms with Crippen molar-refractivity contribution in [1.29, 1.82) is 0 Å². The number of carbonyl (C=O) groups excluding carboxylic acids is 2. The van der Waals surface area contributed by atoms with Crippen molar-refractivity contribution in [2.45, 2.75) is 54.5 Å². The van der Waals surface area contributed by atoms with Crippen LogP contribution in [0.25, 0.3) is 10.8 Å². The Bertz CT molecular complexity index is 2340. The first-order valence-corrected chi connectivity index (χ1v) is 23.1. The Kier molecular flexibility index (Phi) is 13.6. The number of fused-ring (bicyclic) bond motifs is 1. The molecule has 0 N–H and O–H groups in total. The Balaban J connectivity index is 1.24. The molecule has 0 aliphatic carbocycles. The lowest BCUT2D eigenvalue weighted by molar-refractivity contribution is -0.231. The van der Waals surface area contributed by atoms with Gasteiger partial charge in [0.05, 0.1) is 27.0 Å². The van der Waals surface area contributed by atoms with E-state index in [-0.39, 0.29) is 22.6 Å². The van der Waals surface area contributed by atoms with Gasteiger partial charge in [-0.15, -0.1) is 11.8 Å². The number of benzene rings is 6. The lowest BCUT2D eigenvalue weighted by Gasteiger charge is -2.45. The summed E-state index contributed by atoms with van der Waals surface area (Å²) >= 11 is 1.75. The van der Waals surface area contributed by atoms with E-state index >= 15 is 0 Å². The van der Waals surface area contributed by atoms with Gasteiger partial charge in [-0.1, -0.05) is 146 Å². The number of hydrogen-bond donors (Lipinski definition) is 0. The van der Waals surface area contributed by atoms with Crippen LogP contribution in [0.15, 0.2) is 169 Å². The maximum absolute atomic E-state index is 14.4. The molecule has 310 valence electrons. The molecule has 1 aliphatic rings. The van der Waals surface area contributed by atoms with E-state index in [1.54, 1.807) is 42.1 Å². The van der Waals surface area contributed by atoms with Crippen LogP contribution in [0.4, 0.5) is 0 Å². The van der Waals surface area contributed by atoms with Gasteiger partial charge in [0.25, 0.3) is 5.91 Å². The highest BCUT2D eigenvalue weighted by Crippen LogP contribution is 2.49. The minimum atomic E-state index is -3.62. The number of thioether (sulfide) groups is 1. The maximum atomic E-state index is 14.4. The van der Waals surface area contributed by atoms with Gasteiger partial charge in [0, 0.05) is 43.5 Å². The summed E-state index contributed by atoms with van der Waals surface area (Å²) in [5, 5.41) is 3.31. The highest BCUT2D eigenvalue weighted by atomic mass is 32.2. The number of carbonyl (C=O) groups is 2. The van der Waals surface area contributed by atoms with Crippen molar-refractivity contribution >= 4 is 44.7 Å². The fraction of sp³-hybridized carbons (Fsp3) is 0.280. The number of sulfone groups is 1. The molecule has 0 aromatic heterocycles. The van der Waals surface area contributed by atoms with Crippen molar-refractivity contribution in [3.05, 3.63) is 186 Å². The summed E-state index contributed by atoms with van der Waals surface area (Å²) in [6, 6.07) is 52.7. The quantitative estimate of drug-likeness (QED) is 0.0546. The zero-order chi connectivity index (χ0) is 42.2. The molecule has 1 fully saturated rings. The molecule has 0 spiro atoms. The molecule has 2 atom stereocenters. The fourth-order valence-electron chi connectivity index (χ4n) is 8.18. The third-order valence-corrected chi connectivity index (χ3v) is 14.5. The van der Waals surface area contributed by atoms with E-state index in [2.05, 4.69) is 77.7 Å². The summed E-state index contributed by atoms with van der Waals surface area (Å²) in [5.41, 5.74) is 3.25. The van der Waals surface area contributed by atoms with E-state index in [0.717, 1.165) is 33.9 Å². The monoisotopic (exact) mass is 839 g/mol. The van der Waals surface area contributed by atoms with E-state index in [4.69, 9.17) is 4.84 Å². The Morgan fingerprint density at radius 1 is 0.750 bits per heavy atom. The molecule has 10 heteroatoms. The van der Waals surface area contributed by atoms with Gasteiger partial charge in [-0.25, -0.2) is 13.5 Å². The van der Waals surface area contributed by atoms with E-state index in [0.29, 0.717) is 43.9 Å². The summed E-state index contributed by atoms with van der Waals surface area (Å²) in [5.74, 6) is 0.291. The molecule has 1 heterocycles. The molecule has 1 aliphatic heterocycles. The summed E-state index contributed by atoms with van der Waals surface area (Å²) in [4.78, 5) is 38.3. The molecule has 6 aromatic rings. The average molecular weight is 840 g/mol. The van der Waals surface area contributed by atoms with Crippen molar-refractivity contribution < 1.29 is 22.8 Å². The van der Waals surface area contributed by atoms with Crippen LogP contribution >= 0.6 is 11.8 Å². The van der Waals surface area contributed by atoms with Gasteiger partial charge in [-0.2, -0.15) is 0 Å². The summed E-state index contributed by atoms with van der Waals surface area (Å²) < 4.78 is 26.8. The number of piperazine rings is 1. The molecular formula is C50H53N3O5S2. The Morgan fingerprint density at radius 3 is 1.85 bits per heavy atom. The second kappa shape index (κ2) is 19.0. The fourth-order valence-corrected chi connectivity index (χ4v) is 11.2. The van der Waals surface area contributed by atoms with Crippen LogP contribution in [0.1, 0.15) is 54.2 Å². The van der Waals surface area contributed by atoms with Gasteiger partial charge in [0.2, 0.25) is 6.41 Å². The number of hydroxylamine groups is 2. The Labute approximate surface area is 359 Å². The summed E-state index contributed by atoms with van der Waals surface area (Å²) in [6.07, 6.45) is 1.06.